The number of urea groups is 1. The number of halogens is 1. The number of terminal acetylenes is 1. The molecule has 4 rings (SSSR count). The number of hydrogen-bond acceptors (Lipinski definition) is 6. The molecule has 2 aliphatic heterocycles. The normalized spacial score (nSPS) is 18.3. The highest BCUT2D eigenvalue weighted by Crippen LogP contribution is 2.28. The second kappa shape index (κ2) is 15.5. The lowest BCUT2D eigenvalue weighted by Crippen LogP contribution is -2.76. The SMILES string of the molecule is C#CCN1CC(=O)N2[C@@H](CCCNC(=O)OCC=C)C(=O)N(CCc3ccc(F)cc3)C[C@@H]2N1C(=O)NCc1ccccc1. The van der Waals surface area contributed by atoms with Gasteiger partial charge in [0, 0.05) is 19.6 Å². The van der Waals surface area contributed by atoms with Crippen molar-refractivity contribution in [3.05, 3.63) is 84.2 Å². The number of carbonyl (C=O) groups is 4. The summed E-state index contributed by atoms with van der Waals surface area (Å²) >= 11 is 0. The fraction of sp³-hybridized carbons (Fsp3) is 0.375. The summed E-state index contributed by atoms with van der Waals surface area (Å²) in [5.74, 6) is 1.58. The molecule has 2 atom stereocenters. The minimum absolute atomic E-state index is 0.0137. The Morgan fingerprint density at radius 2 is 1.84 bits per heavy atom. The summed E-state index contributed by atoms with van der Waals surface area (Å²) in [6.45, 7) is 4.23. The minimum Gasteiger partial charge on any atom is -0.445 e. The number of alkyl carbamates (subject to hydrolysis) is 1. The molecular formula is C32H37FN6O5. The van der Waals surface area contributed by atoms with Crippen LogP contribution in [0, 0.1) is 18.2 Å². The van der Waals surface area contributed by atoms with Crippen LogP contribution < -0.4 is 10.6 Å². The highest BCUT2D eigenvalue weighted by molar-refractivity contribution is 5.91. The summed E-state index contributed by atoms with van der Waals surface area (Å²) in [5.41, 5.74) is 1.73. The average molecular weight is 605 g/mol. The minimum atomic E-state index is -0.877. The van der Waals surface area contributed by atoms with E-state index in [1.54, 1.807) is 17.0 Å². The number of carbonyl (C=O) groups excluding carboxylic acids is 4. The van der Waals surface area contributed by atoms with Crippen molar-refractivity contribution >= 4 is 23.9 Å². The Kier molecular flexibility index (Phi) is 11.3. The third-order valence-corrected chi connectivity index (χ3v) is 7.44. The summed E-state index contributed by atoms with van der Waals surface area (Å²) < 4.78 is 18.4. The molecule has 44 heavy (non-hydrogen) atoms. The zero-order valence-corrected chi connectivity index (χ0v) is 24.5. The van der Waals surface area contributed by atoms with Crippen molar-refractivity contribution in [1.29, 1.82) is 0 Å². The van der Waals surface area contributed by atoms with Gasteiger partial charge in [0.2, 0.25) is 11.8 Å². The molecule has 2 heterocycles. The number of benzene rings is 2. The number of hydrogen-bond donors (Lipinski definition) is 2. The molecule has 232 valence electrons. The summed E-state index contributed by atoms with van der Waals surface area (Å²) in [4.78, 5) is 56.1. The van der Waals surface area contributed by atoms with Gasteiger partial charge in [-0.15, -0.1) is 6.42 Å². The predicted octanol–water partition coefficient (Wildman–Crippen LogP) is 2.50. The van der Waals surface area contributed by atoms with Crippen molar-refractivity contribution in [3.8, 4) is 12.3 Å². The van der Waals surface area contributed by atoms with E-state index in [0.29, 0.717) is 19.4 Å². The van der Waals surface area contributed by atoms with E-state index >= 15 is 0 Å². The standard InChI is InChI=1S/C32H37FN6O5/c1-3-18-37-23-29(40)38-27(11-8-17-34-32(43)44-20-4-2)30(41)36(19-16-24-12-14-26(33)15-13-24)22-28(38)39(37)31(42)35-21-25-9-6-5-7-10-25/h1,4-7,9-10,12-15,27-28H,2,8,11,16-23H2,(H,34,43)(H,35,42)/t27-,28-/m0/s1. The predicted molar refractivity (Wildman–Crippen MR) is 161 cm³/mol. The molecule has 2 aromatic rings. The molecule has 0 bridgehead atoms. The lowest BCUT2D eigenvalue weighted by atomic mass is 10.0. The quantitative estimate of drug-likeness (QED) is 0.219. The Hall–Kier alpha value is -4.89. The number of piperazine rings is 1. The Labute approximate surface area is 256 Å². The molecule has 0 spiro atoms. The maximum Gasteiger partial charge on any atom is 0.407 e. The van der Waals surface area contributed by atoms with Crippen LogP contribution in [0.3, 0.4) is 0 Å². The zero-order valence-electron chi connectivity index (χ0n) is 24.5. The first kappa shape index (κ1) is 32.0. The number of hydrazine groups is 1. The smallest absolute Gasteiger partial charge is 0.407 e. The molecule has 0 aliphatic carbocycles. The molecule has 12 heteroatoms. The van der Waals surface area contributed by atoms with Crippen molar-refractivity contribution in [1.82, 2.24) is 30.5 Å². The van der Waals surface area contributed by atoms with Gasteiger partial charge in [-0.3, -0.25) is 9.59 Å². The molecule has 11 nitrogen and oxygen atoms in total. The van der Waals surface area contributed by atoms with Crippen LogP contribution in [-0.4, -0.2) is 95.3 Å². The maximum atomic E-state index is 13.8. The molecule has 2 fully saturated rings. The fourth-order valence-corrected chi connectivity index (χ4v) is 5.36. The average Bonchev–Trinajstić information content (AvgIpc) is 3.02. The van der Waals surface area contributed by atoms with E-state index in [-0.39, 0.29) is 63.4 Å². The molecular weight excluding hydrogens is 567 g/mol. The number of fused-ring (bicyclic) bond motifs is 1. The monoisotopic (exact) mass is 604 g/mol. The van der Waals surface area contributed by atoms with Gasteiger partial charge in [-0.1, -0.05) is 61.0 Å². The van der Waals surface area contributed by atoms with Crippen LogP contribution in [0.25, 0.3) is 0 Å². The van der Waals surface area contributed by atoms with Gasteiger partial charge >= 0.3 is 12.1 Å². The topological polar surface area (TPSA) is 115 Å². The Morgan fingerprint density at radius 1 is 1.09 bits per heavy atom. The molecule has 0 saturated carbocycles. The first-order valence-electron chi connectivity index (χ1n) is 14.5. The van der Waals surface area contributed by atoms with Gasteiger partial charge in [0.15, 0.2) is 0 Å². The van der Waals surface area contributed by atoms with E-state index in [4.69, 9.17) is 11.2 Å². The van der Waals surface area contributed by atoms with Crippen LogP contribution in [0.1, 0.15) is 24.0 Å². The Bertz CT molecular complexity index is 1370. The highest BCUT2D eigenvalue weighted by atomic mass is 19.1. The lowest BCUT2D eigenvalue weighted by Gasteiger charge is -2.55. The van der Waals surface area contributed by atoms with Gasteiger partial charge in [-0.25, -0.2) is 19.0 Å². The van der Waals surface area contributed by atoms with Crippen LogP contribution in [0.5, 0.6) is 0 Å². The van der Waals surface area contributed by atoms with Crippen molar-refractivity contribution in [2.45, 2.75) is 38.0 Å². The molecule has 2 aliphatic rings. The first-order valence-corrected chi connectivity index (χ1v) is 14.5. The summed E-state index contributed by atoms with van der Waals surface area (Å²) in [7, 11) is 0. The van der Waals surface area contributed by atoms with Crippen LogP contribution in [0.2, 0.25) is 0 Å². The van der Waals surface area contributed by atoms with Crippen LogP contribution in [0.4, 0.5) is 14.0 Å². The molecule has 0 unspecified atom stereocenters. The third kappa shape index (κ3) is 8.14. The molecule has 5 amide bonds. The van der Waals surface area contributed by atoms with Crippen molar-refractivity contribution in [2.24, 2.45) is 0 Å². The van der Waals surface area contributed by atoms with Gasteiger partial charge in [0.25, 0.3) is 0 Å². The summed E-state index contributed by atoms with van der Waals surface area (Å²) in [6, 6.07) is 14.1. The first-order chi connectivity index (χ1) is 21.3. The Morgan fingerprint density at radius 3 is 2.55 bits per heavy atom. The van der Waals surface area contributed by atoms with Crippen molar-refractivity contribution < 1.29 is 28.3 Å². The molecule has 0 aromatic heterocycles. The second-order valence-corrected chi connectivity index (χ2v) is 10.4. The number of nitrogens with zero attached hydrogens (tertiary/aromatic N) is 4. The van der Waals surface area contributed by atoms with E-state index in [0.717, 1.165) is 11.1 Å². The van der Waals surface area contributed by atoms with Crippen molar-refractivity contribution in [2.75, 3.05) is 39.3 Å². The fourth-order valence-electron chi connectivity index (χ4n) is 5.36. The van der Waals surface area contributed by atoms with Gasteiger partial charge in [-0.2, -0.15) is 5.01 Å². The van der Waals surface area contributed by atoms with Gasteiger partial charge in [0.05, 0.1) is 19.6 Å². The Balaban J connectivity index is 1.56. The molecule has 2 N–H and O–H groups in total. The van der Waals surface area contributed by atoms with Crippen LogP contribution >= 0.6 is 0 Å². The van der Waals surface area contributed by atoms with Crippen LogP contribution in [0.15, 0.2) is 67.3 Å². The largest absolute Gasteiger partial charge is 0.445 e. The summed E-state index contributed by atoms with van der Waals surface area (Å²) in [6.07, 6.45) is 6.70. The van der Waals surface area contributed by atoms with E-state index in [1.165, 1.54) is 33.1 Å². The highest BCUT2D eigenvalue weighted by Gasteiger charge is 2.51. The van der Waals surface area contributed by atoms with Crippen LogP contribution in [-0.2, 0) is 27.3 Å². The van der Waals surface area contributed by atoms with E-state index < -0.39 is 24.3 Å². The van der Waals surface area contributed by atoms with Gasteiger partial charge < -0.3 is 25.2 Å². The molecule has 2 saturated heterocycles. The third-order valence-electron chi connectivity index (χ3n) is 7.44. The number of nitrogens with one attached hydrogen (secondary N) is 2. The van der Waals surface area contributed by atoms with Crippen molar-refractivity contribution in [3.63, 3.8) is 0 Å². The van der Waals surface area contributed by atoms with Gasteiger partial charge in [-0.05, 0) is 42.5 Å². The zero-order chi connectivity index (χ0) is 31.5. The second-order valence-electron chi connectivity index (χ2n) is 10.4. The number of amides is 5. The number of rotatable bonds is 12. The summed E-state index contributed by atoms with van der Waals surface area (Å²) in [5, 5.41) is 8.51. The lowest BCUT2D eigenvalue weighted by molar-refractivity contribution is -0.189. The van der Waals surface area contributed by atoms with E-state index in [2.05, 4.69) is 23.1 Å². The maximum absolute atomic E-state index is 13.8. The van der Waals surface area contributed by atoms with Gasteiger partial charge in [0.1, 0.15) is 24.6 Å². The number of ether oxygens (including phenoxy) is 1. The van der Waals surface area contributed by atoms with E-state index in [1.807, 2.05) is 30.3 Å². The molecule has 0 radical (unpaired) electrons. The van der Waals surface area contributed by atoms with E-state index in [9.17, 15) is 23.6 Å². The molecule has 2 aromatic carbocycles.